The summed E-state index contributed by atoms with van der Waals surface area (Å²) in [5, 5.41) is 0. The minimum Gasteiger partial charge on any atom is -0.342 e. The van der Waals surface area contributed by atoms with E-state index in [0.717, 1.165) is 38.4 Å². The average Bonchev–Trinajstić information content (AvgIpc) is 3.52. The van der Waals surface area contributed by atoms with Gasteiger partial charge in [0.05, 0.1) is 0 Å². The van der Waals surface area contributed by atoms with Crippen LogP contribution in [0.4, 0.5) is 0 Å². The third-order valence-corrected chi connectivity index (χ3v) is 8.54. The van der Waals surface area contributed by atoms with Gasteiger partial charge >= 0.3 is 0 Å². The number of allylic oxidation sites excluding steroid dienone is 1. The molecule has 0 aromatic heterocycles. The summed E-state index contributed by atoms with van der Waals surface area (Å²) >= 11 is 0. The van der Waals surface area contributed by atoms with Crippen molar-refractivity contribution in [2.75, 3.05) is 26.2 Å². The van der Waals surface area contributed by atoms with Crippen LogP contribution in [0.3, 0.4) is 0 Å². The Morgan fingerprint density at radius 2 is 1.80 bits per heavy atom. The van der Waals surface area contributed by atoms with Gasteiger partial charge in [-0.15, -0.1) is 0 Å². The van der Waals surface area contributed by atoms with Crippen molar-refractivity contribution in [1.29, 1.82) is 0 Å². The van der Waals surface area contributed by atoms with Gasteiger partial charge in [-0.25, -0.2) is 0 Å². The lowest BCUT2D eigenvalue weighted by atomic mass is 9.83. The number of rotatable bonds is 5. The van der Waals surface area contributed by atoms with E-state index in [1.807, 2.05) is 0 Å². The first kappa shape index (κ1) is 20.3. The molecule has 0 spiro atoms. The highest BCUT2D eigenvalue weighted by atomic mass is 16.2. The summed E-state index contributed by atoms with van der Waals surface area (Å²) in [7, 11) is 0. The predicted octanol–water partition coefficient (Wildman–Crippen LogP) is 5.02. The second-order valence-corrected chi connectivity index (χ2v) is 10.5. The number of likely N-dealkylation sites (tertiary alicyclic amines) is 2. The van der Waals surface area contributed by atoms with Crippen LogP contribution in [0.2, 0.25) is 0 Å². The lowest BCUT2D eigenvalue weighted by Crippen LogP contribution is -2.34. The van der Waals surface area contributed by atoms with Crippen molar-refractivity contribution >= 4 is 5.91 Å². The van der Waals surface area contributed by atoms with Gasteiger partial charge in [-0.05, 0) is 69.5 Å². The van der Waals surface area contributed by atoms with Crippen LogP contribution in [-0.4, -0.2) is 47.9 Å². The third-order valence-electron chi connectivity index (χ3n) is 8.54. The smallest absolute Gasteiger partial charge is 0.225 e. The van der Waals surface area contributed by atoms with E-state index in [0.29, 0.717) is 29.6 Å². The topological polar surface area (TPSA) is 23.6 Å². The van der Waals surface area contributed by atoms with E-state index in [-0.39, 0.29) is 0 Å². The summed E-state index contributed by atoms with van der Waals surface area (Å²) in [6.07, 6.45) is 11.0. The Labute approximate surface area is 182 Å². The number of hydrogen-bond acceptors (Lipinski definition) is 2. The fraction of sp³-hybridized carbons (Fsp3) is 0.667. The largest absolute Gasteiger partial charge is 0.342 e. The summed E-state index contributed by atoms with van der Waals surface area (Å²) in [5.41, 5.74) is 4.42. The van der Waals surface area contributed by atoms with Gasteiger partial charge in [-0.1, -0.05) is 48.8 Å². The molecule has 1 amide bonds. The normalized spacial score (nSPS) is 32.1. The van der Waals surface area contributed by atoms with Crippen molar-refractivity contribution in [2.45, 2.75) is 70.8 Å². The standard InChI is InChI=1S/C27H38N2O/c1-19-16-24-17-29(27(30)23-7-3-4-8-23)18-25(24)26(19)22-11-9-21(10-12-22)13-15-28-14-5-6-20(28)2/h9-12,16,20,23-26H,3-8,13-15,17-18H2,1-2H3. The maximum absolute atomic E-state index is 13.0. The van der Waals surface area contributed by atoms with Crippen LogP contribution in [0.15, 0.2) is 35.9 Å². The number of hydrogen-bond donors (Lipinski definition) is 0. The van der Waals surface area contributed by atoms with Crippen molar-refractivity contribution < 1.29 is 4.79 Å². The number of fused-ring (bicyclic) bond motifs is 1. The Morgan fingerprint density at radius 3 is 2.50 bits per heavy atom. The maximum atomic E-state index is 13.0. The van der Waals surface area contributed by atoms with Crippen molar-refractivity contribution in [3.05, 3.63) is 47.0 Å². The van der Waals surface area contributed by atoms with Gasteiger partial charge in [0, 0.05) is 43.4 Å². The molecule has 3 nitrogen and oxygen atoms in total. The van der Waals surface area contributed by atoms with Crippen LogP contribution in [0, 0.1) is 17.8 Å². The number of benzene rings is 1. The molecule has 0 bridgehead atoms. The van der Waals surface area contributed by atoms with Crippen LogP contribution in [0.5, 0.6) is 0 Å². The number of carbonyl (C=O) groups excluding carboxylic acids is 1. The molecule has 4 unspecified atom stereocenters. The lowest BCUT2D eigenvalue weighted by molar-refractivity contribution is -0.134. The van der Waals surface area contributed by atoms with Gasteiger partial charge in [-0.3, -0.25) is 4.79 Å². The Hall–Kier alpha value is -1.61. The molecule has 3 heteroatoms. The zero-order valence-electron chi connectivity index (χ0n) is 18.9. The number of nitrogens with zero attached hydrogens (tertiary/aromatic N) is 2. The van der Waals surface area contributed by atoms with Crippen LogP contribution >= 0.6 is 0 Å². The first-order valence-electron chi connectivity index (χ1n) is 12.4. The molecule has 162 valence electrons. The van der Waals surface area contributed by atoms with Gasteiger partial charge < -0.3 is 9.80 Å². The molecule has 4 aliphatic rings. The molecule has 4 atom stereocenters. The van der Waals surface area contributed by atoms with E-state index in [4.69, 9.17) is 0 Å². The zero-order valence-corrected chi connectivity index (χ0v) is 18.9. The van der Waals surface area contributed by atoms with Gasteiger partial charge in [0.15, 0.2) is 0 Å². The molecule has 2 heterocycles. The quantitative estimate of drug-likeness (QED) is 0.641. The van der Waals surface area contributed by atoms with Crippen molar-refractivity contribution in [1.82, 2.24) is 9.80 Å². The van der Waals surface area contributed by atoms with Crippen molar-refractivity contribution in [3.63, 3.8) is 0 Å². The third kappa shape index (κ3) is 3.86. The first-order valence-corrected chi connectivity index (χ1v) is 12.4. The molecular formula is C27H38N2O. The molecule has 5 rings (SSSR count). The van der Waals surface area contributed by atoms with Gasteiger partial charge in [0.2, 0.25) is 5.91 Å². The van der Waals surface area contributed by atoms with Crippen LogP contribution in [0.25, 0.3) is 0 Å². The molecule has 2 aliphatic carbocycles. The number of amides is 1. The monoisotopic (exact) mass is 406 g/mol. The summed E-state index contributed by atoms with van der Waals surface area (Å²) in [5.74, 6) is 2.37. The Morgan fingerprint density at radius 1 is 1.03 bits per heavy atom. The molecule has 30 heavy (non-hydrogen) atoms. The second-order valence-electron chi connectivity index (χ2n) is 10.5. The Kier molecular flexibility index (Phi) is 5.75. The van der Waals surface area contributed by atoms with Crippen molar-refractivity contribution in [2.24, 2.45) is 17.8 Å². The fourth-order valence-electron chi connectivity index (χ4n) is 6.77. The molecule has 3 fully saturated rings. The molecule has 0 radical (unpaired) electrons. The van der Waals surface area contributed by atoms with Crippen LogP contribution in [0.1, 0.15) is 69.4 Å². The molecular weight excluding hydrogens is 368 g/mol. The van der Waals surface area contributed by atoms with E-state index < -0.39 is 0 Å². The van der Waals surface area contributed by atoms with E-state index in [9.17, 15) is 4.79 Å². The maximum Gasteiger partial charge on any atom is 0.225 e. The molecule has 1 aromatic carbocycles. The van der Waals surface area contributed by atoms with E-state index in [1.165, 1.54) is 55.5 Å². The summed E-state index contributed by atoms with van der Waals surface area (Å²) < 4.78 is 0. The SMILES string of the molecule is CC1=CC2CN(C(=O)C3CCCC3)CC2C1c1ccc(CCN2CCCC2C)cc1. The van der Waals surface area contributed by atoms with Crippen LogP contribution in [-0.2, 0) is 11.2 Å². The fourth-order valence-corrected chi connectivity index (χ4v) is 6.77. The number of carbonyl (C=O) groups is 1. The Balaban J connectivity index is 1.23. The van der Waals surface area contributed by atoms with Gasteiger partial charge in [0.1, 0.15) is 0 Å². The summed E-state index contributed by atoms with van der Waals surface area (Å²) in [6.45, 7) is 9.02. The second kappa shape index (κ2) is 8.49. The minimum absolute atomic E-state index is 0.310. The average molecular weight is 407 g/mol. The highest BCUT2D eigenvalue weighted by Crippen LogP contribution is 2.47. The van der Waals surface area contributed by atoms with E-state index >= 15 is 0 Å². The highest BCUT2D eigenvalue weighted by Gasteiger charge is 2.44. The van der Waals surface area contributed by atoms with Gasteiger partial charge in [-0.2, -0.15) is 0 Å². The summed E-state index contributed by atoms with van der Waals surface area (Å²) in [4.78, 5) is 17.8. The zero-order chi connectivity index (χ0) is 20.7. The summed E-state index contributed by atoms with van der Waals surface area (Å²) in [6, 6.07) is 10.2. The molecule has 1 saturated carbocycles. The Bertz CT molecular complexity index is 792. The van der Waals surface area contributed by atoms with Crippen molar-refractivity contribution in [3.8, 4) is 0 Å². The van der Waals surface area contributed by atoms with Crippen LogP contribution < -0.4 is 0 Å². The lowest BCUT2D eigenvalue weighted by Gasteiger charge is -2.25. The van der Waals surface area contributed by atoms with E-state index in [1.54, 1.807) is 0 Å². The highest BCUT2D eigenvalue weighted by molar-refractivity contribution is 5.79. The molecule has 2 aliphatic heterocycles. The van der Waals surface area contributed by atoms with E-state index in [2.05, 4.69) is 54.0 Å². The molecule has 1 aromatic rings. The predicted molar refractivity (Wildman–Crippen MR) is 122 cm³/mol. The molecule has 0 N–H and O–H groups in total. The van der Waals surface area contributed by atoms with Gasteiger partial charge in [0.25, 0.3) is 0 Å². The minimum atomic E-state index is 0.310. The molecule has 2 saturated heterocycles. The first-order chi connectivity index (χ1) is 14.6.